The summed E-state index contributed by atoms with van der Waals surface area (Å²) in [5, 5.41) is 0. The van der Waals surface area contributed by atoms with Gasteiger partial charge in [-0.1, -0.05) is 12.1 Å². The van der Waals surface area contributed by atoms with Crippen molar-refractivity contribution in [2.24, 2.45) is 0 Å². The van der Waals surface area contributed by atoms with E-state index in [1.54, 1.807) is 40.1 Å². The van der Waals surface area contributed by atoms with Crippen LogP contribution < -0.4 is 9.47 Å². The molecule has 2 aliphatic rings. The van der Waals surface area contributed by atoms with Gasteiger partial charge in [-0.3, -0.25) is 9.59 Å². The molecule has 2 aromatic rings. The van der Waals surface area contributed by atoms with Crippen molar-refractivity contribution < 1.29 is 36.6 Å². The van der Waals surface area contributed by atoms with Crippen molar-refractivity contribution >= 4 is 21.8 Å². The fraction of sp³-hybridized carbons (Fsp3) is 0.481. The largest absolute Gasteiger partial charge is 0.454 e. The van der Waals surface area contributed by atoms with Crippen LogP contribution in [0.2, 0.25) is 0 Å². The van der Waals surface area contributed by atoms with E-state index >= 15 is 0 Å². The van der Waals surface area contributed by atoms with Gasteiger partial charge in [0.15, 0.2) is 11.5 Å². The molecule has 0 aliphatic carbocycles. The summed E-state index contributed by atoms with van der Waals surface area (Å²) < 4.78 is 56.1. The molecule has 0 atom stereocenters. The Morgan fingerprint density at radius 1 is 1.10 bits per heavy atom. The number of hydrogen-bond acceptors (Lipinski definition) is 7. The van der Waals surface area contributed by atoms with Crippen LogP contribution in [0, 0.1) is 5.82 Å². The van der Waals surface area contributed by atoms with Crippen LogP contribution in [-0.4, -0.2) is 92.8 Å². The molecule has 1 fully saturated rings. The molecular weight excluding hydrogens is 529 g/mol. The summed E-state index contributed by atoms with van der Waals surface area (Å²) in [6, 6.07) is 10.8. The van der Waals surface area contributed by atoms with E-state index in [0.29, 0.717) is 48.6 Å². The molecule has 0 unspecified atom stereocenters. The highest BCUT2D eigenvalue weighted by Gasteiger charge is 2.33. The van der Waals surface area contributed by atoms with E-state index in [1.807, 2.05) is 0 Å². The fourth-order valence-electron chi connectivity index (χ4n) is 4.78. The van der Waals surface area contributed by atoms with Gasteiger partial charge in [-0.25, -0.2) is 12.8 Å². The van der Waals surface area contributed by atoms with Crippen molar-refractivity contribution in [2.75, 3.05) is 52.4 Å². The molecule has 39 heavy (non-hydrogen) atoms. The van der Waals surface area contributed by atoms with Crippen LogP contribution in [0.25, 0.3) is 0 Å². The second-order valence-corrected chi connectivity index (χ2v) is 11.7. The van der Waals surface area contributed by atoms with Crippen LogP contribution in [0.15, 0.2) is 42.5 Å². The average Bonchev–Trinajstić information content (AvgIpc) is 3.41. The van der Waals surface area contributed by atoms with E-state index in [2.05, 4.69) is 0 Å². The molecule has 2 amide bonds. The van der Waals surface area contributed by atoms with Gasteiger partial charge in [0.1, 0.15) is 5.82 Å². The maximum atomic E-state index is 13.9. The van der Waals surface area contributed by atoms with Gasteiger partial charge in [-0.15, -0.1) is 0 Å². The lowest BCUT2D eigenvalue weighted by molar-refractivity contribution is -0.135. The first-order chi connectivity index (χ1) is 18.7. The summed E-state index contributed by atoms with van der Waals surface area (Å²) in [5.74, 6) is 0.0414. The van der Waals surface area contributed by atoms with Crippen molar-refractivity contribution in [1.29, 1.82) is 0 Å². The molecule has 2 aliphatic heterocycles. The van der Waals surface area contributed by atoms with Crippen LogP contribution in [-0.2, 0) is 26.1 Å². The first kappa shape index (κ1) is 28.8. The number of halogens is 1. The Labute approximate surface area is 228 Å². The predicted molar refractivity (Wildman–Crippen MR) is 141 cm³/mol. The Bertz CT molecular complexity index is 1280. The molecule has 12 heteroatoms. The topological polar surface area (TPSA) is 106 Å². The zero-order chi connectivity index (χ0) is 28.0. The molecule has 0 saturated carbocycles. The third-order valence-electron chi connectivity index (χ3n) is 6.99. The van der Waals surface area contributed by atoms with Gasteiger partial charge in [0.05, 0.1) is 18.9 Å². The number of piperidine rings is 1. The molecule has 0 spiro atoms. The Morgan fingerprint density at radius 3 is 2.54 bits per heavy atom. The Morgan fingerprint density at radius 2 is 1.85 bits per heavy atom. The lowest BCUT2D eigenvalue weighted by Crippen LogP contribution is -2.51. The summed E-state index contributed by atoms with van der Waals surface area (Å²) in [6.07, 6.45) is 0.992. The van der Waals surface area contributed by atoms with E-state index in [9.17, 15) is 22.4 Å². The maximum Gasteiger partial charge on any atom is 0.253 e. The summed E-state index contributed by atoms with van der Waals surface area (Å²) >= 11 is 0. The number of benzene rings is 2. The zero-order valence-corrected chi connectivity index (χ0v) is 23.0. The van der Waals surface area contributed by atoms with Crippen molar-refractivity contribution in [3.8, 4) is 11.5 Å². The predicted octanol–water partition coefficient (Wildman–Crippen LogP) is 2.49. The number of likely N-dealkylation sites (tertiary alicyclic amines) is 1. The molecule has 0 N–H and O–H groups in total. The number of fused-ring (bicyclic) bond motifs is 1. The van der Waals surface area contributed by atoms with Crippen molar-refractivity contribution in [3.63, 3.8) is 0 Å². The van der Waals surface area contributed by atoms with Crippen LogP contribution in [0.3, 0.4) is 0 Å². The van der Waals surface area contributed by atoms with Crippen molar-refractivity contribution in [2.45, 2.75) is 32.4 Å². The molecule has 0 bridgehead atoms. The van der Waals surface area contributed by atoms with Gasteiger partial charge < -0.3 is 24.0 Å². The smallest absolute Gasteiger partial charge is 0.253 e. The van der Waals surface area contributed by atoms with Gasteiger partial charge in [-0.05, 0) is 55.7 Å². The van der Waals surface area contributed by atoms with Crippen LogP contribution in [0.4, 0.5) is 4.39 Å². The molecule has 4 rings (SSSR count). The first-order valence-electron chi connectivity index (χ1n) is 12.9. The number of ether oxygens (including phenoxy) is 3. The third kappa shape index (κ3) is 7.06. The standard InChI is InChI=1S/C27H34FN3O7S/c1-3-39(34,35)30(13-14-36-2)18-26(32)31(17-20-5-4-6-22(28)15-20)23-9-11-29(12-10-23)27(33)21-7-8-24-25(16-21)38-19-37-24/h4-8,15-16,23H,3,9-14,17-19H2,1-2H3. The molecule has 0 aromatic heterocycles. The molecular formula is C27H34FN3O7S. The summed E-state index contributed by atoms with van der Waals surface area (Å²) in [7, 11) is -2.19. The summed E-state index contributed by atoms with van der Waals surface area (Å²) in [4.78, 5) is 30.1. The zero-order valence-electron chi connectivity index (χ0n) is 22.2. The first-order valence-corrected chi connectivity index (χ1v) is 14.5. The van der Waals surface area contributed by atoms with Crippen LogP contribution in [0.1, 0.15) is 35.7 Å². The Kier molecular flexibility index (Phi) is 9.41. The molecule has 2 aromatic carbocycles. The monoisotopic (exact) mass is 563 g/mol. The second kappa shape index (κ2) is 12.8. The van der Waals surface area contributed by atoms with Gasteiger partial charge in [0.25, 0.3) is 5.91 Å². The number of amides is 2. The lowest BCUT2D eigenvalue weighted by Gasteiger charge is -2.39. The van der Waals surface area contributed by atoms with Crippen molar-refractivity contribution in [3.05, 3.63) is 59.4 Å². The number of nitrogens with zero attached hydrogens (tertiary/aromatic N) is 3. The number of rotatable bonds is 11. The molecule has 212 valence electrons. The molecule has 2 heterocycles. The molecule has 10 nitrogen and oxygen atoms in total. The minimum absolute atomic E-state index is 0.0503. The highest BCUT2D eigenvalue weighted by atomic mass is 32.2. The van der Waals surface area contributed by atoms with E-state index in [0.717, 1.165) is 4.31 Å². The van der Waals surface area contributed by atoms with Crippen LogP contribution in [0.5, 0.6) is 11.5 Å². The Balaban J connectivity index is 1.48. The average molecular weight is 564 g/mol. The van der Waals surface area contributed by atoms with E-state index in [4.69, 9.17) is 14.2 Å². The normalized spacial score (nSPS) is 15.5. The summed E-state index contributed by atoms with van der Waals surface area (Å²) in [5.41, 5.74) is 1.09. The van der Waals surface area contributed by atoms with Crippen molar-refractivity contribution in [1.82, 2.24) is 14.1 Å². The van der Waals surface area contributed by atoms with Gasteiger partial charge in [-0.2, -0.15) is 4.31 Å². The second-order valence-electron chi connectivity index (χ2n) is 9.47. The van der Waals surface area contributed by atoms with Gasteiger partial charge >= 0.3 is 0 Å². The number of hydrogen-bond donors (Lipinski definition) is 0. The minimum atomic E-state index is -3.65. The van der Waals surface area contributed by atoms with E-state index in [1.165, 1.54) is 26.2 Å². The minimum Gasteiger partial charge on any atom is -0.454 e. The number of carbonyl (C=O) groups excluding carboxylic acids is 2. The SMILES string of the molecule is CCS(=O)(=O)N(CCOC)CC(=O)N(Cc1cccc(F)c1)C1CCN(C(=O)c2ccc3c(c2)OCO3)CC1. The maximum absolute atomic E-state index is 13.9. The summed E-state index contributed by atoms with van der Waals surface area (Å²) in [6.45, 7) is 2.45. The fourth-order valence-corrected chi connectivity index (χ4v) is 5.80. The Hall–Kier alpha value is -3.22. The third-order valence-corrected chi connectivity index (χ3v) is 8.82. The van der Waals surface area contributed by atoms with E-state index in [-0.39, 0.29) is 56.6 Å². The number of sulfonamides is 1. The highest BCUT2D eigenvalue weighted by molar-refractivity contribution is 7.89. The van der Waals surface area contributed by atoms with Crippen LogP contribution >= 0.6 is 0 Å². The van der Waals surface area contributed by atoms with Gasteiger partial charge in [0.2, 0.25) is 22.7 Å². The quantitative estimate of drug-likeness (QED) is 0.414. The lowest BCUT2D eigenvalue weighted by atomic mass is 10.0. The molecule has 0 radical (unpaired) electrons. The number of methoxy groups -OCH3 is 1. The van der Waals surface area contributed by atoms with Gasteiger partial charge in [0, 0.05) is 44.9 Å². The number of carbonyl (C=O) groups is 2. The molecule has 1 saturated heterocycles. The van der Waals surface area contributed by atoms with E-state index < -0.39 is 15.8 Å². The highest BCUT2D eigenvalue weighted by Crippen LogP contribution is 2.33.